The normalized spacial score (nSPS) is 12.2. The van der Waals surface area contributed by atoms with Crippen LogP contribution in [0.25, 0.3) is 0 Å². The van der Waals surface area contributed by atoms with Gasteiger partial charge in [0.1, 0.15) is 0 Å². The van der Waals surface area contributed by atoms with Gasteiger partial charge in [-0.2, -0.15) is 0 Å². The highest BCUT2D eigenvalue weighted by atomic mass is 16.1. The zero-order valence-corrected chi connectivity index (χ0v) is 11.8. The summed E-state index contributed by atoms with van der Waals surface area (Å²) in [6, 6.07) is 6.55. The van der Waals surface area contributed by atoms with E-state index in [1.807, 2.05) is 26.0 Å². The molecule has 1 rings (SSSR count). The van der Waals surface area contributed by atoms with E-state index in [-0.39, 0.29) is 5.91 Å². The molecule has 1 aromatic rings. The molecule has 0 aliphatic carbocycles. The zero-order chi connectivity index (χ0) is 13.5. The first-order valence-corrected chi connectivity index (χ1v) is 6.62. The Balaban J connectivity index is 2.40. The fraction of sp³-hybridized carbons (Fsp3) is 0.533. The van der Waals surface area contributed by atoms with Crippen molar-refractivity contribution in [2.75, 3.05) is 11.9 Å². The van der Waals surface area contributed by atoms with Crippen molar-refractivity contribution in [1.82, 2.24) is 5.32 Å². The Morgan fingerprint density at radius 2 is 1.83 bits per heavy atom. The predicted octanol–water partition coefficient (Wildman–Crippen LogP) is 3.02. The predicted molar refractivity (Wildman–Crippen MR) is 76.9 cm³/mol. The second kappa shape index (κ2) is 7.17. The van der Waals surface area contributed by atoms with E-state index in [1.54, 1.807) is 0 Å². The minimum absolute atomic E-state index is 0.0656. The van der Waals surface area contributed by atoms with Gasteiger partial charge in [-0.05, 0) is 50.5 Å². The standard InChI is InChI=1S/C15H24N2O/c1-5-13(4)16-7-6-15(18)17-14-9-11(2)8-12(3)10-14/h8-10,13,16H,5-7H2,1-4H3,(H,17,18). The molecule has 0 fully saturated rings. The lowest BCUT2D eigenvalue weighted by molar-refractivity contribution is -0.116. The van der Waals surface area contributed by atoms with Gasteiger partial charge < -0.3 is 10.6 Å². The lowest BCUT2D eigenvalue weighted by Gasteiger charge is -2.11. The molecule has 0 radical (unpaired) electrons. The molecule has 0 saturated heterocycles. The molecule has 18 heavy (non-hydrogen) atoms. The lowest BCUT2D eigenvalue weighted by Crippen LogP contribution is -2.28. The van der Waals surface area contributed by atoms with Crippen molar-refractivity contribution in [3.63, 3.8) is 0 Å². The number of rotatable bonds is 6. The molecule has 0 saturated carbocycles. The number of benzene rings is 1. The second-order valence-corrected chi connectivity index (χ2v) is 4.94. The molecule has 1 aromatic carbocycles. The Morgan fingerprint density at radius 1 is 1.22 bits per heavy atom. The highest BCUT2D eigenvalue weighted by molar-refractivity contribution is 5.91. The Hall–Kier alpha value is -1.35. The van der Waals surface area contributed by atoms with Gasteiger partial charge in [0.2, 0.25) is 5.91 Å². The summed E-state index contributed by atoms with van der Waals surface area (Å²) in [4.78, 5) is 11.8. The van der Waals surface area contributed by atoms with E-state index in [0.717, 1.165) is 18.7 Å². The van der Waals surface area contributed by atoms with Gasteiger partial charge in [0, 0.05) is 24.7 Å². The van der Waals surface area contributed by atoms with Crippen LogP contribution in [0, 0.1) is 13.8 Å². The van der Waals surface area contributed by atoms with Crippen LogP contribution < -0.4 is 10.6 Å². The van der Waals surface area contributed by atoms with E-state index in [2.05, 4.69) is 30.5 Å². The number of anilines is 1. The SMILES string of the molecule is CCC(C)NCCC(=O)Nc1cc(C)cc(C)c1. The molecule has 100 valence electrons. The second-order valence-electron chi connectivity index (χ2n) is 4.94. The summed E-state index contributed by atoms with van der Waals surface area (Å²) >= 11 is 0. The molecule has 0 heterocycles. The minimum Gasteiger partial charge on any atom is -0.326 e. The van der Waals surface area contributed by atoms with Crippen molar-refractivity contribution in [3.8, 4) is 0 Å². The van der Waals surface area contributed by atoms with Crippen molar-refractivity contribution in [2.45, 2.75) is 46.6 Å². The van der Waals surface area contributed by atoms with Crippen LogP contribution in [0.3, 0.4) is 0 Å². The molecule has 0 bridgehead atoms. The maximum Gasteiger partial charge on any atom is 0.225 e. The van der Waals surface area contributed by atoms with Crippen LogP contribution in [0.4, 0.5) is 5.69 Å². The van der Waals surface area contributed by atoms with E-state index >= 15 is 0 Å². The summed E-state index contributed by atoms with van der Waals surface area (Å²) in [5.74, 6) is 0.0656. The van der Waals surface area contributed by atoms with Crippen molar-refractivity contribution in [3.05, 3.63) is 29.3 Å². The summed E-state index contributed by atoms with van der Waals surface area (Å²) < 4.78 is 0. The Bertz CT molecular complexity index is 381. The maximum atomic E-state index is 11.8. The molecular formula is C15H24N2O. The average Bonchev–Trinajstić information content (AvgIpc) is 2.27. The fourth-order valence-corrected chi connectivity index (χ4v) is 1.85. The van der Waals surface area contributed by atoms with Gasteiger partial charge in [-0.1, -0.05) is 13.0 Å². The summed E-state index contributed by atoms with van der Waals surface area (Å²) in [5.41, 5.74) is 3.23. The average molecular weight is 248 g/mol. The van der Waals surface area contributed by atoms with Crippen LogP contribution in [-0.2, 0) is 4.79 Å². The van der Waals surface area contributed by atoms with Gasteiger partial charge in [0.15, 0.2) is 0 Å². The van der Waals surface area contributed by atoms with Gasteiger partial charge in [-0.25, -0.2) is 0 Å². The molecular weight excluding hydrogens is 224 g/mol. The number of carbonyl (C=O) groups excluding carboxylic acids is 1. The van der Waals surface area contributed by atoms with Crippen LogP contribution in [-0.4, -0.2) is 18.5 Å². The third-order valence-corrected chi connectivity index (χ3v) is 2.96. The summed E-state index contributed by atoms with van der Waals surface area (Å²) in [5, 5.41) is 6.25. The largest absolute Gasteiger partial charge is 0.326 e. The number of amides is 1. The van der Waals surface area contributed by atoms with E-state index in [1.165, 1.54) is 11.1 Å². The first-order valence-electron chi connectivity index (χ1n) is 6.62. The molecule has 0 aliphatic rings. The van der Waals surface area contributed by atoms with E-state index < -0.39 is 0 Å². The number of carbonyl (C=O) groups is 1. The first kappa shape index (κ1) is 14.7. The zero-order valence-electron chi connectivity index (χ0n) is 11.8. The van der Waals surface area contributed by atoms with Crippen molar-refractivity contribution < 1.29 is 4.79 Å². The fourth-order valence-electron chi connectivity index (χ4n) is 1.85. The van der Waals surface area contributed by atoms with Crippen molar-refractivity contribution in [1.29, 1.82) is 0 Å². The van der Waals surface area contributed by atoms with Crippen LogP contribution in [0.15, 0.2) is 18.2 Å². The van der Waals surface area contributed by atoms with Gasteiger partial charge in [-0.15, -0.1) is 0 Å². The smallest absolute Gasteiger partial charge is 0.225 e. The molecule has 3 nitrogen and oxygen atoms in total. The topological polar surface area (TPSA) is 41.1 Å². The monoisotopic (exact) mass is 248 g/mol. The lowest BCUT2D eigenvalue weighted by atomic mass is 10.1. The summed E-state index contributed by atoms with van der Waals surface area (Å²) in [6.45, 7) is 9.06. The van der Waals surface area contributed by atoms with Gasteiger partial charge in [0.05, 0.1) is 0 Å². The molecule has 2 N–H and O–H groups in total. The molecule has 1 atom stereocenters. The number of aryl methyl sites for hydroxylation is 2. The summed E-state index contributed by atoms with van der Waals surface area (Å²) in [7, 11) is 0. The molecule has 0 spiro atoms. The molecule has 3 heteroatoms. The van der Waals surface area contributed by atoms with E-state index in [9.17, 15) is 4.79 Å². The third-order valence-electron chi connectivity index (χ3n) is 2.96. The first-order chi connectivity index (χ1) is 8.51. The van der Waals surface area contributed by atoms with Gasteiger partial charge in [-0.3, -0.25) is 4.79 Å². The van der Waals surface area contributed by atoms with Crippen LogP contribution in [0.5, 0.6) is 0 Å². The minimum atomic E-state index is 0.0656. The molecule has 0 aromatic heterocycles. The van der Waals surface area contributed by atoms with E-state index in [0.29, 0.717) is 12.5 Å². The Morgan fingerprint density at radius 3 is 2.39 bits per heavy atom. The maximum absolute atomic E-state index is 11.8. The number of hydrogen-bond acceptors (Lipinski definition) is 2. The molecule has 1 amide bonds. The van der Waals surface area contributed by atoms with Crippen molar-refractivity contribution in [2.24, 2.45) is 0 Å². The third kappa shape index (κ3) is 5.32. The van der Waals surface area contributed by atoms with Crippen LogP contribution in [0.2, 0.25) is 0 Å². The highest BCUT2D eigenvalue weighted by Gasteiger charge is 2.04. The van der Waals surface area contributed by atoms with E-state index in [4.69, 9.17) is 0 Å². The van der Waals surface area contributed by atoms with Gasteiger partial charge in [0.25, 0.3) is 0 Å². The Labute approximate surface area is 110 Å². The molecule has 1 unspecified atom stereocenters. The van der Waals surface area contributed by atoms with Gasteiger partial charge >= 0.3 is 0 Å². The highest BCUT2D eigenvalue weighted by Crippen LogP contribution is 2.13. The van der Waals surface area contributed by atoms with Crippen molar-refractivity contribution >= 4 is 11.6 Å². The molecule has 0 aliphatic heterocycles. The number of hydrogen-bond donors (Lipinski definition) is 2. The summed E-state index contributed by atoms with van der Waals surface area (Å²) in [6.07, 6.45) is 1.59. The quantitative estimate of drug-likeness (QED) is 0.812. The Kier molecular flexibility index (Phi) is 5.86. The number of nitrogens with one attached hydrogen (secondary N) is 2. The van der Waals surface area contributed by atoms with Crippen LogP contribution in [0.1, 0.15) is 37.8 Å². The van der Waals surface area contributed by atoms with Crippen LogP contribution >= 0.6 is 0 Å².